The number of carbonyl (C=O) groups is 1. The maximum absolute atomic E-state index is 13.5. The number of hydrogen-bond donors (Lipinski definition) is 0. The van der Waals surface area contributed by atoms with Crippen molar-refractivity contribution >= 4 is 11.6 Å². The van der Waals surface area contributed by atoms with E-state index in [1.165, 1.54) is 0 Å². The predicted octanol–water partition coefficient (Wildman–Crippen LogP) is 4.75. The molecule has 2 aromatic rings. The molecule has 1 amide bonds. The molecule has 0 spiro atoms. The number of amides is 1. The second-order valence-electron chi connectivity index (χ2n) is 8.08. The second kappa shape index (κ2) is 11.0. The number of para-hydroxylation sites is 1. The van der Waals surface area contributed by atoms with Crippen molar-refractivity contribution in [3.63, 3.8) is 0 Å². The summed E-state index contributed by atoms with van der Waals surface area (Å²) in [6.45, 7) is 4.68. The van der Waals surface area contributed by atoms with Crippen molar-refractivity contribution < 1.29 is 14.3 Å². The van der Waals surface area contributed by atoms with Gasteiger partial charge in [0.15, 0.2) is 0 Å². The van der Waals surface area contributed by atoms with Crippen LogP contribution in [0.5, 0.6) is 5.75 Å². The monoisotopic (exact) mass is 410 g/mol. The molecule has 3 rings (SSSR count). The first-order valence-electron chi connectivity index (χ1n) is 11.0. The lowest BCUT2D eigenvalue weighted by Gasteiger charge is -2.27. The lowest BCUT2D eigenvalue weighted by atomic mass is 10.1. The molecule has 5 heteroatoms. The topological polar surface area (TPSA) is 42.0 Å². The lowest BCUT2D eigenvalue weighted by Crippen LogP contribution is -2.37. The van der Waals surface area contributed by atoms with Gasteiger partial charge in [-0.05, 0) is 49.1 Å². The molecule has 0 bridgehead atoms. The van der Waals surface area contributed by atoms with E-state index >= 15 is 0 Å². The van der Waals surface area contributed by atoms with E-state index in [0.29, 0.717) is 31.0 Å². The molecule has 0 N–H and O–H groups in total. The van der Waals surface area contributed by atoms with Crippen LogP contribution in [0.4, 0.5) is 5.69 Å². The largest absolute Gasteiger partial charge is 0.493 e. The molecule has 1 aliphatic heterocycles. The quantitative estimate of drug-likeness (QED) is 0.530. The van der Waals surface area contributed by atoms with Crippen LogP contribution in [0.3, 0.4) is 0 Å². The first-order chi connectivity index (χ1) is 14.6. The summed E-state index contributed by atoms with van der Waals surface area (Å²) in [5.74, 6) is 0.658. The number of hydrogen-bond acceptors (Lipinski definition) is 4. The number of benzene rings is 2. The van der Waals surface area contributed by atoms with Gasteiger partial charge in [0.05, 0.1) is 18.3 Å². The van der Waals surface area contributed by atoms with Crippen LogP contribution in [0.25, 0.3) is 0 Å². The van der Waals surface area contributed by atoms with Gasteiger partial charge in [0.25, 0.3) is 5.91 Å². The van der Waals surface area contributed by atoms with Gasteiger partial charge in [0, 0.05) is 39.5 Å². The van der Waals surface area contributed by atoms with E-state index in [2.05, 4.69) is 36.1 Å². The van der Waals surface area contributed by atoms with Crippen LogP contribution < -0.4 is 9.64 Å². The predicted molar refractivity (Wildman–Crippen MR) is 121 cm³/mol. The van der Waals surface area contributed by atoms with Crippen LogP contribution >= 0.6 is 0 Å². The van der Waals surface area contributed by atoms with E-state index in [9.17, 15) is 4.79 Å². The first kappa shape index (κ1) is 22.2. The zero-order valence-corrected chi connectivity index (χ0v) is 18.5. The molecule has 30 heavy (non-hydrogen) atoms. The van der Waals surface area contributed by atoms with Gasteiger partial charge >= 0.3 is 0 Å². The van der Waals surface area contributed by atoms with Crippen LogP contribution in [-0.2, 0) is 11.3 Å². The highest BCUT2D eigenvalue weighted by atomic mass is 16.5. The van der Waals surface area contributed by atoms with Crippen LogP contribution in [0.15, 0.2) is 48.5 Å². The molecule has 1 heterocycles. The molecule has 2 aromatic carbocycles. The third-order valence-electron chi connectivity index (χ3n) is 5.43. The van der Waals surface area contributed by atoms with E-state index in [-0.39, 0.29) is 12.0 Å². The summed E-state index contributed by atoms with van der Waals surface area (Å²) in [5, 5.41) is 0. The molecule has 0 saturated carbocycles. The first-order valence-corrected chi connectivity index (χ1v) is 11.0. The Morgan fingerprint density at radius 3 is 2.57 bits per heavy atom. The van der Waals surface area contributed by atoms with Crippen molar-refractivity contribution in [1.29, 1.82) is 0 Å². The van der Waals surface area contributed by atoms with E-state index < -0.39 is 0 Å². The Bertz CT molecular complexity index is 798. The van der Waals surface area contributed by atoms with E-state index in [1.54, 1.807) is 0 Å². The normalized spacial score (nSPS) is 15.8. The molecule has 1 atom stereocenters. The SMILES string of the molecule is CCCCOc1ccccc1C(=O)N(Cc1ccc(N(C)C)cc1)CC1CCCO1. The number of anilines is 1. The Balaban J connectivity index is 1.80. The number of unbranched alkanes of at least 4 members (excludes halogenated alkanes) is 1. The zero-order valence-electron chi connectivity index (χ0n) is 18.5. The Labute approximate surface area is 180 Å². The third kappa shape index (κ3) is 5.99. The summed E-state index contributed by atoms with van der Waals surface area (Å²) >= 11 is 0. The average Bonchev–Trinajstić information content (AvgIpc) is 3.27. The standard InChI is InChI=1S/C25H34N2O3/c1-4-5-16-30-24-11-7-6-10-23(24)25(28)27(19-22-9-8-17-29-22)18-20-12-14-21(15-13-20)26(2)3/h6-7,10-15,22H,4-5,8-9,16-19H2,1-3H3. The van der Waals surface area contributed by atoms with Gasteiger partial charge in [-0.2, -0.15) is 0 Å². The minimum Gasteiger partial charge on any atom is -0.493 e. The third-order valence-corrected chi connectivity index (χ3v) is 5.43. The molecule has 1 unspecified atom stereocenters. The fraction of sp³-hybridized carbons (Fsp3) is 0.480. The van der Waals surface area contributed by atoms with Gasteiger partial charge in [-0.25, -0.2) is 0 Å². The minimum absolute atomic E-state index is 0.00529. The van der Waals surface area contributed by atoms with Crippen LogP contribution in [0.1, 0.15) is 48.5 Å². The van der Waals surface area contributed by atoms with Crippen LogP contribution in [0, 0.1) is 0 Å². The highest BCUT2D eigenvalue weighted by Crippen LogP contribution is 2.24. The molecule has 1 aliphatic rings. The maximum Gasteiger partial charge on any atom is 0.258 e. The second-order valence-corrected chi connectivity index (χ2v) is 8.08. The summed E-state index contributed by atoms with van der Waals surface area (Å²) in [4.78, 5) is 17.5. The number of carbonyl (C=O) groups excluding carboxylic acids is 1. The molecule has 1 fully saturated rings. The summed E-state index contributed by atoms with van der Waals surface area (Å²) in [5.41, 5.74) is 2.87. The molecule has 1 saturated heterocycles. The molecular weight excluding hydrogens is 376 g/mol. The summed E-state index contributed by atoms with van der Waals surface area (Å²) in [7, 11) is 4.05. The fourth-order valence-corrected chi connectivity index (χ4v) is 3.64. The molecule has 0 aliphatic carbocycles. The minimum atomic E-state index is -0.00529. The highest BCUT2D eigenvalue weighted by molar-refractivity contribution is 5.97. The highest BCUT2D eigenvalue weighted by Gasteiger charge is 2.25. The number of nitrogens with zero attached hydrogens (tertiary/aromatic N) is 2. The lowest BCUT2D eigenvalue weighted by molar-refractivity contribution is 0.0504. The molecular formula is C25H34N2O3. The fourth-order valence-electron chi connectivity index (χ4n) is 3.64. The van der Waals surface area contributed by atoms with Gasteiger partial charge in [-0.3, -0.25) is 4.79 Å². The smallest absolute Gasteiger partial charge is 0.258 e. The van der Waals surface area contributed by atoms with Gasteiger partial charge < -0.3 is 19.3 Å². The van der Waals surface area contributed by atoms with E-state index in [0.717, 1.165) is 43.5 Å². The molecule has 5 nitrogen and oxygen atoms in total. The van der Waals surface area contributed by atoms with Crippen molar-refractivity contribution in [3.05, 3.63) is 59.7 Å². The zero-order chi connectivity index (χ0) is 21.3. The van der Waals surface area contributed by atoms with Crippen molar-refractivity contribution in [2.45, 2.75) is 45.3 Å². The Hall–Kier alpha value is -2.53. The van der Waals surface area contributed by atoms with Gasteiger partial charge in [0.2, 0.25) is 0 Å². The Morgan fingerprint density at radius 1 is 1.13 bits per heavy atom. The van der Waals surface area contributed by atoms with Gasteiger partial charge in [-0.1, -0.05) is 37.6 Å². The Kier molecular flexibility index (Phi) is 8.14. The van der Waals surface area contributed by atoms with Crippen molar-refractivity contribution in [3.8, 4) is 5.75 Å². The van der Waals surface area contributed by atoms with Crippen molar-refractivity contribution in [2.24, 2.45) is 0 Å². The van der Waals surface area contributed by atoms with Gasteiger partial charge in [0.1, 0.15) is 5.75 Å². The summed E-state index contributed by atoms with van der Waals surface area (Å²) in [6, 6.07) is 15.9. The molecule has 0 aromatic heterocycles. The number of rotatable bonds is 10. The van der Waals surface area contributed by atoms with E-state index in [4.69, 9.17) is 9.47 Å². The van der Waals surface area contributed by atoms with Crippen molar-refractivity contribution in [2.75, 3.05) is 38.8 Å². The van der Waals surface area contributed by atoms with Gasteiger partial charge in [-0.15, -0.1) is 0 Å². The Morgan fingerprint density at radius 2 is 1.90 bits per heavy atom. The maximum atomic E-state index is 13.5. The average molecular weight is 411 g/mol. The van der Waals surface area contributed by atoms with Crippen LogP contribution in [0.2, 0.25) is 0 Å². The van der Waals surface area contributed by atoms with Crippen LogP contribution in [-0.4, -0.2) is 50.8 Å². The van der Waals surface area contributed by atoms with Crippen molar-refractivity contribution in [1.82, 2.24) is 4.90 Å². The van der Waals surface area contributed by atoms with E-state index in [1.807, 2.05) is 43.3 Å². The summed E-state index contributed by atoms with van der Waals surface area (Å²) < 4.78 is 11.8. The summed E-state index contributed by atoms with van der Waals surface area (Å²) in [6.07, 6.45) is 4.19. The molecule has 162 valence electrons. The molecule has 0 radical (unpaired) electrons. The number of ether oxygens (including phenoxy) is 2.